The third-order valence-corrected chi connectivity index (χ3v) is 3.98. The molecule has 5 nitrogen and oxygen atoms in total. The number of pyridine rings is 2. The Morgan fingerprint density at radius 3 is 2.82 bits per heavy atom. The zero-order chi connectivity index (χ0) is 15.1. The Hall–Kier alpha value is -2.95. The summed E-state index contributed by atoms with van der Waals surface area (Å²) >= 11 is 0. The van der Waals surface area contributed by atoms with Crippen molar-refractivity contribution >= 4 is 5.78 Å². The third kappa shape index (κ3) is 1.90. The first-order valence-electron chi connectivity index (χ1n) is 7.13. The van der Waals surface area contributed by atoms with Gasteiger partial charge in [0.1, 0.15) is 12.7 Å². The number of aryl methyl sites for hydroxylation is 2. The maximum absolute atomic E-state index is 4.38. The number of fused-ring (bicyclic) bond motifs is 1. The first-order chi connectivity index (χ1) is 10.7. The normalized spacial score (nSPS) is 11.2. The van der Waals surface area contributed by atoms with Crippen LogP contribution in [0.5, 0.6) is 0 Å². The van der Waals surface area contributed by atoms with E-state index in [0.717, 1.165) is 28.3 Å². The van der Waals surface area contributed by atoms with E-state index in [9.17, 15) is 0 Å². The van der Waals surface area contributed by atoms with Gasteiger partial charge in [0, 0.05) is 55.7 Å². The number of nitrogens with zero attached hydrogens (tertiary/aromatic N) is 5. The molecule has 22 heavy (non-hydrogen) atoms. The largest absolute Gasteiger partial charge is 0.308 e. The Bertz CT molecular complexity index is 950. The molecule has 0 saturated heterocycles. The second-order valence-corrected chi connectivity index (χ2v) is 5.36. The minimum absolute atomic E-state index is 0.932. The van der Waals surface area contributed by atoms with Crippen molar-refractivity contribution in [3.63, 3.8) is 0 Å². The van der Waals surface area contributed by atoms with Crippen LogP contribution >= 0.6 is 0 Å². The van der Waals surface area contributed by atoms with Crippen LogP contribution in [0.1, 0.15) is 0 Å². The fourth-order valence-electron chi connectivity index (χ4n) is 2.77. The predicted molar refractivity (Wildman–Crippen MR) is 84.0 cm³/mol. The predicted octanol–water partition coefficient (Wildman–Crippen LogP) is 2.23. The molecule has 108 valence electrons. The quantitative estimate of drug-likeness (QED) is 0.531. The SMILES string of the molecule is Cn1c(-c2cc(-c3cccnc3)cc[n+]2C)cn2ccnc12. The van der Waals surface area contributed by atoms with Gasteiger partial charge in [0.15, 0.2) is 6.20 Å². The third-order valence-electron chi connectivity index (χ3n) is 3.98. The Morgan fingerprint density at radius 2 is 2.05 bits per heavy atom. The molecule has 0 spiro atoms. The van der Waals surface area contributed by atoms with Crippen molar-refractivity contribution < 1.29 is 4.57 Å². The molecule has 0 aliphatic rings. The lowest BCUT2D eigenvalue weighted by molar-refractivity contribution is -0.660. The lowest BCUT2D eigenvalue weighted by Gasteiger charge is -2.05. The Balaban J connectivity index is 1.91. The standard InChI is InChI=1S/C17H16N5/c1-20-8-5-13(14-4-3-6-18-11-14)10-15(20)16-12-22-9-7-19-17(22)21(16)2/h3-12H,1-2H3/q+1. The van der Waals surface area contributed by atoms with Crippen molar-refractivity contribution in [2.45, 2.75) is 0 Å². The molecule has 0 amide bonds. The summed E-state index contributed by atoms with van der Waals surface area (Å²) in [5.41, 5.74) is 4.52. The van der Waals surface area contributed by atoms with Gasteiger partial charge in [-0.15, -0.1) is 0 Å². The molecule has 0 aliphatic carbocycles. The molecule has 4 aromatic heterocycles. The highest BCUT2D eigenvalue weighted by Crippen LogP contribution is 2.24. The highest BCUT2D eigenvalue weighted by molar-refractivity contribution is 5.67. The summed E-state index contributed by atoms with van der Waals surface area (Å²) < 4.78 is 6.25. The topological polar surface area (TPSA) is 39.0 Å². The lowest BCUT2D eigenvalue weighted by atomic mass is 10.1. The second kappa shape index (κ2) is 4.80. The Labute approximate surface area is 128 Å². The van der Waals surface area contributed by atoms with Gasteiger partial charge in [-0.05, 0) is 11.6 Å². The van der Waals surface area contributed by atoms with Crippen LogP contribution in [0, 0.1) is 0 Å². The Kier molecular flexibility index (Phi) is 2.79. The number of hydrogen-bond acceptors (Lipinski definition) is 2. The molecule has 0 bridgehead atoms. The van der Waals surface area contributed by atoms with Crippen LogP contribution < -0.4 is 4.57 Å². The molecular formula is C17H16N5+. The van der Waals surface area contributed by atoms with E-state index < -0.39 is 0 Å². The fraction of sp³-hybridized carbons (Fsp3) is 0.118. The van der Waals surface area contributed by atoms with Gasteiger partial charge in [0.2, 0.25) is 11.5 Å². The van der Waals surface area contributed by atoms with Gasteiger partial charge >= 0.3 is 0 Å². The zero-order valence-corrected chi connectivity index (χ0v) is 12.5. The minimum atomic E-state index is 0.932. The molecule has 0 fully saturated rings. The first-order valence-corrected chi connectivity index (χ1v) is 7.13. The number of hydrogen-bond donors (Lipinski definition) is 0. The lowest BCUT2D eigenvalue weighted by Crippen LogP contribution is -2.30. The smallest absolute Gasteiger partial charge is 0.231 e. The van der Waals surface area contributed by atoms with Gasteiger partial charge in [0.25, 0.3) is 0 Å². The summed E-state index contributed by atoms with van der Waals surface area (Å²) in [6.45, 7) is 0. The van der Waals surface area contributed by atoms with Crippen molar-refractivity contribution in [2.75, 3.05) is 0 Å². The summed E-state index contributed by atoms with van der Waals surface area (Å²) in [5.74, 6) is 0.932. The summed E-state index contributed by atoms with van der Waals surface area (Å²) in [7, 11) is 4.09. The summed E-state index contributed by atoms with van der Waals surface area (Å²) in [6.07, 6.45) is 11.6. The van der Waals surface area contributed by atoms with Crippen LogP contribution in [0.2, 0.25) is 0 Å². The molecule has 0 N–H and O–H groups in total. The van der Waals surface area contributed by atoms with E-state index in [-0.39, 0.29) is 0 Å². The van der Waals surface area contributed by atoms with E-state index in [1.807, 2.05) is 36.1 Å². The van der Waals surface area contributed by atoms with E-state index in [4.69, 9.17) is 0 Å². The van der Waals surface area contributed by atoms with Crippen molar-refractivity contribution in [1.82, 2.24) is 18.9 Å². The number of imidazole rings is 2. The van der Waals surface area contributed by atoms with Crippen molar-refractivity contribution in [3.05, 3.63) is 61.4 Å². The van der Waals surface area contributed by atoms with E-state index in [0.29, 0.717) is 0 Å². The van der Waals surface area contributed by atoms with E-state index in [2.05, 4.69) is 56.7 Å². The van der Waals surface area contributed by atoms with Crippen molar-refractivity contribution in [2.24, 2.45) is 14.1 Å². The summed E-state index contributed by atoms with van der Waals surface area (Å²) in [6, 6.07) is 8.32. The van der Waals surface area contributed by atoms with Gasteiger partial charge < -0.3 is 4.57 Å². The van der Waals surface area contributed by atoms with Gasteiger partial charge in [-0.3, -0.25) is 9.38 Å². The number of rotatable bonds is 2. The highest BCUT2D eigenvalue weighted by Gasteiger charge is 2.17. The van der Waals surface area contributed by atoms with Gasteiger partial charge in [0.05, 0.1) is 0 Å². The molecule has 0 saturated carbocycles. The maximum Gasteiger partial charge on any atom is 0.231 e. The van der Waals surface area contributed by atoms with Crippen LogP contribution in [-0.2, 0) is 14.1 Å². The molecule has 4 rings (SSSR count). The molecule has 0 unspecified atom stereocenters. The van der Waals surface area contributed by atoms with Crippen molar-refractivity contribution in [1.29, 1.82) is 0 Å². The van der Waals surface area contributed by atoms with Crippen LogP contribution in [0.3, 0.4) is 0 Å². The highest BCUT2D eigenvalue weighted by atomic mass is 15.2. The Morgan fingerprint density at radius 1 is 1.14 bits per heavy atom. The monoisotopic (exact) mass is 290 g/mol. The molecule has 0 radical (unpaired) electrons. The molecular weight excluding hydrogens is 274 g/mol. The molecule has 5 heteroatoms. The molecule has 0 aliphatic heterocycles. The summed E-state index contributed by atoms with van der Waals surface area (Å²) in [4.78, 5) is 8.59. The average Bonchev–Trinajstić information content (AvgIpc) is 3.12. The van der Waals surface area contributed by atoms with Crippen LogP contribution in [0.4, 0.5) is 0 Å². The van der Waals surface area contributed by atoms with E-state index in [1.165, 1.54) is 0 Å². The van der Waals surface area contributed by atoms with Crippen molar-refractivity contribution in [3.8, 4) is 22.5 Å². The number of aromatic nitrogens is 5. The van der Waals surface area contributed by atoms with Crippen LogP contribution in [-0.4, -0.2) is 18.9 Å². The van der Waals surface area contributed by atoms with Gasteiger partial charge in [-0.1, -0.05) is 6.07 Å². The second-order valence-electron chi connectivity index (χ2n) is 5.36. The van der Waals surface area contributed by atoms with Gasteiger partial charge in [-0.25, -0.2) is 4.98 Å². The maximum atomic E-state index is 4.38. The summed E-state index contributed by atoms with van der Waals surface area (Å²) in [5, 5.41) is 0. The minimum Gasteiger partial charge on any atom is -0.308 e. The zero-order valence-electron chi connectivity index (χ0n) is 12.5. The van der Waals surface area contributed by atoms with E-state index in [1.54, 1.807) is 6.20 Å². The molecule has 0 aromatic carbocycles. The average molecular weight is 290 g/mol. The first kappa shape index (κ1) is 12.8. The van der Waals surface area contributed by atoms with Gasteiger partial charge in [-0.2, -0.15) is 4.57 Å². The molecule has 0 atom stereocenters. The molecule has 4 aromatic rings. The fourth-order valence-corrected chi connectivity index (χ4v) is 2.77. The molecule has 4 heterocycles. The van der Waals surface area contributed by atoms with Crippen LogP contribution in [0.15, 0.2) is 61.4 Å². The van der Waals surface area contributed by atoms with Crippen LogP contribution in [0.25, 0.3) is 28.3 Å². The van der Waals surface area contributed by atoms with E-state index >= 15 is 0 Å².